The highest BCUT2D eigenvalue weighted by molar-refractivity contribution is 9.10. The minimum atomic E-state index is -4.89. The van der Waals surface area contributed by atoms with Gasteiger partial charge in [0.25, 0.3) is 5.56 Å². The van der Waals surface area contributed by atoms with Crippen molar-refractivity contribution in [3.63, 3.8) is 0 Å². The van der Waals surface area contributed by atoms with E-state index in [1.165, 1.54) is 0 Å². The molecule has 0 amide bonds. The van der Waals surface area contributed by atoms with Gasteiger partial charge in [-0.15, -0.1) is 13.2 Å². The van der Waals surface area contributed by atoms with Gasteiger partial charge in [-0.2, -0.15) is 0 Å². The Morgan fingerprint density at radius 1 is 1.53 bits per heavy atom. The average Bonchev–Trinajstić information content (AvgIpc) is 2.08. The normalized spacial score (nSPS) is 11.5. The molecule has 0 unspecified atom stereocenters. The maximum absolute atomic E-state index is 11.8. The average molecular weight is 287 g/mol. The first kappa shape index (κ1) is 12.1. The lowest BCUT2D eigenvalue weighted by molar-refractivity contribution is -0.275. The number of aromatic nitrogens is 1. The van der Waals surface area contributed by atoms with E-state index in [1.54, 1.807) is 0 Å². The van der Waals surface area contributed by atoms with Crippen LogP contribution >= 0.6 is 15.9 Å². The van der Waals surface area contributed by atoms with Crippen LogP contribution in [0, 0.1) is 0 Å². The number of aromatic amines is 1. The summed E-state index contributed by atoms with van der Waals surface area (Å²) in [6.45, 7) is 0.00210. The SMILES string of the molecule is NCc1[nH]c(=O)c(OC(F)(F)F)cc1Br. The Morgan fingerprint density at radius 3 is 2.60 bits per heavy atom. The summed E-state index contributed by atoms with van der Waals surface area (Å²) in [5.74, 6) is -0.827. The Morgan fingerprint density at radius 2 is 2.13 bits per heavy atom. The molecule has 1 aromatic rings. The van der Waals surface area contributed by atoms with Crippen LogP contribution in [-0.4, -0.2) is 11.3 Å². The van der Waals surface area contributed by atoms with Gasteiger partial charge >= 0.3 is 6.36 Å². The Kier molecular flexibility index (Phi) is 3.40. The molecule has 0 aliphatic rings. The third-order valence-corrected chi connectivity index (χ3v) is 2.17. The van der Waals surface area contributed by atoms with Crippen molar-refractivity contribution in [1.82, 2.24) is 4.98 Å². The van der Waals surface area contributed by atoms with Gasteiger partial charge in [-0.05, 0) is 15.9 Å². The number of nitrogens with two attached hydrogens (primary N) is 1. The lowest BCUT2D eigenvalue weighted by Crippen LogP contribution is -2.23. The highest BCUT2D eigenvalue weighted by Crippen LogP contribution is 2.23. The van der Waals surface area contributed by atoms with Crippen molar-refractivity contribution in [2.45, 2.75) is 12.9 Å². The molecule has 4 nitrogen and oxygen atoms in total. The molecular formula is C7H6BrF3N2O2. The number of hydrogen-bond donors (Lipinski definition) is 2. The van der Waals surface area contributed by atoms with Crippen molar-refractivity contribution < 1.29 is 17.9 Å². The fourth-order valence-electron chi connectivity index (χ4n) is 0.875. The van der Waals surface area contributed by atoms with Crippen LogP contribution in [0.3, 0.4) is 0 Å². The van der Waals surface area contributed by atoms with Gasteiger partial charge in [-0.25, -0.2) is 0 Å². The Balaban J connectivity index is 3.12. The molecular weight excluding hydrogens is 281 g/mol. The summed E-state index contributed by atoms with van der Waals surface area (Å²) in [5.41, 5.74) is 4.56. The summed E-state index contributed by atoms with van der Waals surface area (Å²) in [7, 11) is 0. The zero-order valence-corrected chi connectivity index (χ0v) is 8.78. The molecule has 0 saturated heterocycles. The van der Waals surface area contributed by atoms with Crippen LogP contribution < -0.4 is 16.0 Å². The summed E-state index contributed by atoms with van der Waals surface area (Å²) in [5, 5.41) is 0. The highest BCUT2D eigenvalue weighted by atomic mass is 79.9. The first-order valence-electron chi connectivity index (χ1n) is 3.71. The number of pyridine rings is 1. The molecule has 1 aromatic heterocycles. The van der Waals surface area contributed by atoms with E-state index in [0.29, 0.717) is 5.69 Å². The molecule has 15 heavy (non-hydrogen) atoms. The van der Waals surface area contributed by atoms with Gasteiger partial charge in [-0.3, -0.25) is 4.79 Å². The molecule has 8 heteroatoms. The maximum Gasteiger partial charge on any atom is 0.573 e. The van der Waals surface area contributed by atoms with Crippen LogP contribution in [0.25, 0.3) is 0 Å². The van der Waals surface area contributed by atoms with Gasteiger partial charge in [-0.1, -0.05) is 0 Å². The number of alkyl halides is 3. The second-order valence-corrected chi connectivity index (χ2v) is 3.40. The maximum atomic E-state index is 11.8. The van der Waals surface area contributed by atoms with Crippen LogP contribution in [-0.2, 0) is 6.54 Å². The van der Waals surface area contributed by atoms with Gasteiger partial charge in [0.05, 0.1) is 0 Å². The summed E-state index contributed by atoms with van der Waals surface area (Å²) in [6.07, 6.45) is -4.89. The van der Waals surface area contributed by atoms with E-state index in [4.69, 9.17) is 5.73 Å². The number of H-pyrrole nitrogens is 1. The zero-order chi connectivity index (χ0) is 11.6. The quantitative estimate of drug-likeness (QED) is 0.866. The minimum absolute atomic E-state index is 0.00210. The fraction of sp³-hybridized carbons (Fsp3) is 0.286. The number of rotatable bonds is 2. The summed E-state index contributed by atoms with van der Waals surface area (Å²) >= 11 is 2.95. The molecule has 0 radical (unpaired) electrons. The van der Waals surface area contributed by atoms with E-state index in [1.807, 2.05) is 0 Å². The van der Waals surface area contributed by atoms with Crippen molar-refractivity contribution in [1.29, 1.82) is 0 Å². The van der Waals surface area contributed by atoms with Gasteiger partial charge in [0.15, 0.2) is 5.75 Å². The summed E-state index contributed by atoms with van der Waals surface area (Å²) in [4.78, 5) is 13.2. The molecule has 1 heterocycles. The van der Waals surface area contributed by atoms with Crippen LogP contribution in [0.2, 0.25) is 0 Å². The predicted octanol–water partition coefficient (Wildman–Crippen LogP) is 1.49. The molecule has 0 aliphatic carbocycles. The lowest BCUT2D eigenvalue weighted by Gasteiger charge is -2.09. The van der Waals surface area contributed by atoms with E-state index in [9.17, 15) is 18.0 Å². The molecule has 0 aliphatic heterocycles. The van der Waals surface area contributed by atoms with E-state index in [0.717, 1.165) is 6.07 Å². The molecule has 0 aromatic carbocycles. The van der Waals surface area contributed by atoms with E-state index >= 15 is 0 Å². The number of halogens is 4. The first-order chi connectivity index (χ1) is 6.83. The zero-order valence-electron chi connectivity index (χ0n) is 7.19. The smallest absolute Gasteiger partial charge is 0.400 e. The van der Waals surface area contributed by atoms with Crippen LogP contribution in [0.15, 0.2) is 15.3 Å². The van der Waals surface area contributed by atoms with Crippen LogP contribution in [0.1, 0.15) is 5.69 Å². The topological polar surface area (TPSA) is 68.1 Å². The third-order valence-electron chi connectivity index (χ3n) is 1.46. The first-order valence-corrected chi connectivity index (χ1v) is 4.50. The monoisotopic (exact) mass is 286 g/mol. The van der Waals surface area contributed by atoms with Crippen molar-refractivity contribution in [2.24, 2.45) is 5.73 Å². The van der Waals surface area contributed by atoms with Crippen molar-refractivity contribution in [3.8, 4) is 5.75 Å². The number of hydrogen-bond acceptors (Lipinski definition) is 3. The molecule has 0 saturated carbocycles. The molecule has 0 spiro atoms. The molecule has 3 N–H and O–H groups in total. The Labute approximate surface area is 90.4 Å². The second kappa shape index (κ2) is 4.23. The number of nitrogens with one attached hydrogen (secondary N) is 1. The summed E-state index contributed by atoms with van der Waals surface area (Å²) < 4.78 is 39.2. The number of ether oxygens (including phenoxy) is 1. The second-order valence-electron chi connectivity index (χ2n) is 2.54. The Hall–Kier alpha value is -1.02. The standard InChI is InChI=1S/C7H6BrF3N2O2/c8-3-1-5(15-7(9,10)11)6(14)13-4(3)2-12/h1H,2,12H2,(H,13,14). The molecule has 0 atom stereocenters. The fourth-order valence-corrected chi connectivity index (χ4v) is 1.34. The van der Waals surface area contributed by atoms with Gasteiger partial charge in [0.1, 0.15) is 0 Å². The minimum Gasteiger partial charge on any atom is -0.400 e. The predicted molar refractivity (Wildman–Crippen MR) is 49.3 cm³/mol. The van der Waals surface area contributed by atoms with Crippen LogP contribution in [0.5, 0.6) is 5.75 Å². The van der Waals surface area contributed by atoms with Crippen LogP contribution in [0.4, 0.5) is 13.2 Å². The molecule has 84 valence electrons. The van der Waals surface area contributed by atoms with Gasteiger partial charge < -0.3 is 15.5 Å². The van der Waals surface area contributed by atoms with Crippen molar-refractivity contribution >= 4 is 15.9 Å². The third kappa shape index (κ3) is 3.24. The van der Waals surface area contributed by atoms with E-state index in [-0.39, 0.29) is 11.0 Å². The molecule has 0 fully saturated rings. The largest absolute Gasteiger partial charge is 0.573 e. The van der Waals surface area contributed by atoms with E-state index < -0.39 is 17.7 Å². The molecule has 1 rings (SSSR count). The van der Waals surface area contributed by atoms with Crippen molar-refractivity contribution in [3.05, 3.63) is 26.6 Å². The van der Waals surface area contributed by atoms with Gasteiger partial charge in [0, 0.05) is 22.8 Å². The van der Waals surface area contributed by atoms with E-state index in [2.05, 4.69) is 25.7 Å². The summed E-state index contributed by atoms with van der Waals surface area (Å²) in [6, 6.07) is 0.925. The Bertz CT molecular complexity index is 416. The lowest BCUT2D eigenvalue weighted by atomic mass is 10.3. The van der Waals surface area contributed by atoms with Crippen molar-refractivity contribution in [2.75, 3.05) is 0 Å². The highest BCUT2D eigenvalue weighted by Gasteiger charge is 2.32. The van der Waals surface area contributed by atoms with Gasteiger partial charge in [0.2, 0.25) is 0 Å². The molecule has 0 bridgehead atoms.